The highest BCUT2D eigenvalue weighted by Gasteiger charge is 2.22. The molecule has 0 saturated carbocycles. The van der Waals surface area contributed by atoms with Gasteiger partial charge in [-0.3, -0.25) is 14.1 Å². The highest BCUT2D eigenvalue weighted by atomic mass is 31.2. The number of phosphoric ester groups is 1. The second kappa shape index (κ2) is 35.1. The Morgan fingerprint density at radius 1 is 0.660 bits per heavy atom. The number of esters is 2. The van der Waals surface area contributed by atoms with Crippen LogP contribution in [-0.4, -0.2) is 63.5 Å². The molecule has 0 amide bonds. The van der Waals surface area contributed by atoms with Gasteiger partial charge in [0, 0.05) is 12.8 Å². The lowest BCUT2D eigenvalue weighted by molar-refractivity contribution is -0.161. The van der Waals surface area contributed by atoms with E-state index >= 15 is 0 Å². The van der Waals surface area contributed by atoms with Gasteiger partial charge in [-0.05, 0) is 44.4 Å². The Bertz CT molecular complexity index is 1140. The number of carbonyl (C=O) groups is 2. The predicted octanol–water partition coefficient (Wildman–Crippen LogP) is 9.70. The number of hydrogen-bond acceptors (Lipinski definition) is 8. The van der Waals surface area contributed by atoms with Crippen molar-refractivity contribution in [2.45, 2.75) is 161 Å². The van der Waals surface area contributed by atoms with E-state index in [0.717, 1.165) is 31.6 Å². The van der Waals surface area contributed by atoms with Gasteiger partial charge in [-0.25, -0.2) is 4.57 Å². The smallest absolute Gasteiger partial charge is 0.462 e. The molecule has 0 aliphatic carbocycles. The summed E-state index contributed by atoms with van der Waals surface area (Å²) in [5, 5.41) is 19.9. The van der Waals surface area contributed by atoms with Gasteiger partial charge >= 0.3 is 19.8 Å². The summed E-state index contributed by atoms with van der Waals surface area (Å²) in [7, 11) is -4.80. The van der Waals surface area contributed by atoms with Gasteiger partial charge in [0.05, 0.1) is 18.8 Å². The van der Waals surface area contributed by atoms with E-state index < -0.39 is 44.7 Å². The summed E-state index contributed by atoms with van der Waals surface area (Å²) in [4.78, 5) is 42.7. The minimum atomic E-state index is -4.80. The molecule has 0 heterocycles. The van der Waals surface area contributed by atoms with Crippen LogP contribution in [0.4, 0.5) is 0 Å². The molecule has 0 fully saturated rings. The molecule has 4 atom stereocenters. The van der Waals surface area contributed by atoms with Crippen molar-refractivity contribution in [1.29, 1.82) is 0 Å². The van der Waals surface area contributed by atoms with E-state index in [9.17, 15) is 24.4 Å². The summed E-state index contributed by atoms with van der Waals surface area (Å²) in [5.41, 5.74) is 0. The van der Waals surface area contributed by atoms with Gasteiger partial charge in [0.15, 0.2) is 6.10 Å². The molecule has 53 heavy (non-hydrogen) atoms. The molecule has 11 heteroatoms. The van der Waals surface area contributed by atoms with E-state index in [-0.39, 0.29) is 19.4 Å². The molecule has 10 nitrogen and oxygen atoms in total. The first-order valence-electron chi connectivity index (χ1n) is 19.8. The van der Waals surface area contributed by atoms with Crippen LogP contribution < -0.4 is 0 Å². The van der Waals surface area contributed by atoms with Crippen molar-refractivity contribution in [3.63, 3.8) is 0 Å². The highest BCUT2D eigenvalue weighted by Crippen LogP contribution is 2.36. The van der Waals surface area contributed by atoms with Crippen LogP contribution in [0.25, 0.3) is 0 Å². The zero-order valence-corrected chi connectivity index (χ0v) is 33.7. The Morgan fingerprint density at radius 3 is 1.77 bits per heavy atom. The topological polar surface area (TPSA) is 160 Å². The van der Waals surface area contributed by atoms with Gasteiger partial charge in [-0.1, -0.05) is 164 Å². The SMILES string of the molecule is CC/C=C\C[C@H](O)/C=C/C=C\C=C\[C@H](O)C/C=C\C/C=C\CCC(=O)O[C@H](COC(=O)CCCCCCCCCCCCC(C)CC)COP(=O)(O)O. The minimum absolute atomic E-state index is 0.0277. The Hall–Kier alpha value is -2.59. The molecule has 0 spiro atoms. The van der Waals surface area contributed by atoms with Gasteiger partial charge in [0.1, 0.15) is 6.61 Å². The fourth-order valence-electron chi connectivity index (χ4n) is 5.08. The van der Waals surface area contributed by atoms with Crippen LogP contribution in [0.2, 0.25) is 0 Å². The molecule has 0 rings (SSSR count). The Labute approximate surface area is 320 Å². The molecule has 0 saturated heterocycles. The van der Waals surface area contributed by atoms with E-state index in [1.807, 2.05) is 43.4 Å². The zero-order valence-electron chi connectivity index (χ0n) is 32.8. The maximum absolute atomic E-state index is 12.4. The second-order valence-electron chi connectivity index (χ2n) is 13.5. The number of ether oxygens (including phenoxy) is 2. The van der Waals surface area contributed by atoms with E-state index in [0.29, 0.717) is 32.1 Å². The van der Waals surface area contributed by atoms with Crippen LogP contribution in [0.5, 0.6) is 0 Å². The molecule has 0 radical (unpaired) electrons. The number of unbranched alkanes of at least 4 members (excludes halogenated alkanes) is 9. The molecule has 0 aromatic heterocycles. The number of rotatable bonds is 34. The molecule has 0 aliphatic rings. The molecular formula is C42H71O10P. The van der Waals surface area contributed by atoms with Crippen LogP contribution in [0, 0.1) is 5.92 Å². The molecule has 1 unspecified atom stereocenters. The lowest BCUT2D eigenvalue weighted by atomic mass is 9.99. The number of hydrogen-bond donors (Lipinski definition) is 4. The average Bonchev–Trinajstić information content (AvgIpc) is 3.11. The predicted molar refractivity (Wildman–Crippen MR) is 214 cm³/mol. The van der Waals surface area contributed by atoms with Gasteiger partial charge in [0.2, 0.25) is 0 Å². The first kappa shape index (κ1) is 50.4. The third-order valence-electron chi connectivity index (χ3n) is 8.46. The minimum Gasteiger partial charge on any atom is -0.462 e. The normalized spacial score (nSPS) is 15.1. The maximum atomic E-state index is 12.4. The Balaban J connectivity index is 4.24. The second-order valence-corrected chi connectivity index (χ2v) is 14.8. The third-order valence-corrected chi connectivity index (χ3v) is 8.95. The zero-order chi connectivity index (χ0) is 39.4. The van der Waals surface area contributed by atoms with Crippen molar-refractivity contribution >= 4 is 19.8 Å². The largest absolute Gasteiger partial charge is 0.469 e. The number of aliphatic hydroxyl groups excluding tert-OH is 2. The van der Waals surface area contributed by atoms with Gasteiger partial charge < -0.3 is 29.5 Å². The van der Waals surface area contributed by atoms with E-state index in [2.05, 4.69) is 18.4 Å². The summed E-state index contributed by atoms with van der Waals surface area (Å²) in [6.07, 6.45) is 37.0. The fourth-order valence-corrected chi connectivity index (χ4v) is 5.44. The molecular weight excluding hydrogens is 695 g/mol. The summed E-state index contributed by atoms with van der Waals surface area (Å²) in [6.45, 7) is 5.67. The lowest BCUT2D eigenvalue weighted by Crippen LogP contribution is -2.29. The number of carbonyl (C=O) groups excluding carboxylic acids is 2. The number of allylic oxidation sites excluding steroid dienone is 8. The number of phosphoric acid groups is 1. The van der Waals surface area contributed by atoms with Crippen LogP contribution in [0.3, 0.4) is 0 Å². The highest BCUT2D eigenvalue weighted by molar-refractivity contribution is 7.46. The lowest BCUT2D eigenvalue weighted by Gasteiger charge is -2.18. The maximum Gasteiger partial charge on any atom is 0.469 e. The summed E-state index contributed by atoms with van der Waals surface area (Å²) in [5.74, 6) is -0.220. The Morgan fingerprint density at radius 2 is 1.21 bits per heavy atom. The van der Waals surface area contributed by atoms with Crippen molar-refractivity contribution < 1.29 is 48.2 Å². The monoisotopic (exact) mass is 766 g/mol. The first-order chi connectivity index (χ1) is 25.5. The van der Waals surface area contributed by atoms with Crippen LogP contribution in [0.15, 0.2) is 72.9 Å². The van der Waals surface area contributed by atoms with Crippen molar-refractivity contribution in [1.82, 2.24) is 0 Å². The van der Waals surface area contributed by atoms with Gasteiger partial charge in [-0.2, -0.15) is 0 Å². The standard InChI is InChI=1S/C42H71O10P/c1-4-6-21-29-38(43)31-24-19-20-25-32-39(44)30-23-16-13-14-18-27-34-42(46)52-40(36-51-53(47,48)49)35-50-41(45)33-26-17-12-10-8-7-9-11-15-22-28-37(3)5-2/h6,14,16,18-21,23-25,31-32,37-40,43-44H,4-5,7-13,15,17,22,26-30,33-36H2,1-3H3,(H2,47,48,49)/b18-14-,20-19-,21-6-,23-16-,31-24+,32-25+/t37?,38-,39+,40+/m0/s1. The molecule has 4 N–H and O–H groups in total. The van der Waals surface area contributed by atoms with Crippen molar-refractivity contribution in [2.75, 3.05) is 13.2 Å². The Kier molecular flexibility index (Phi) is 33.4. The first-order valence-corrected chi connectivity index (χ1v) is 21.4. The number of aliphatic hydroxyl groups is 2. The van der Waals surface area contributed by atoms with Crippen LogP contribution in [0.1, 0.15) is 143 Å². The fraction of sp³-hybridized carbons (Fsp3) is 0.667. The van der Waals surface area contributed by atoms with Crippen LogP contribution in [-0.2, 0) is 28.2 Å². The average molecular weight is 767 g/mol. The summed E-state index contributed by atoms with van der Waals surface area (Å²) >= 11 is 0. The van der Waals surface area contributed by atoms with E-state index in [1.54, 1.807) is 36.5 Å². The van der Waals surface area contributed by atoms with Crippen molar-refractivity contribution in [3.05, 3.63) is 72.9 Å². The van der Waals surface area contributed by atoms with Gasteiger partial charge in [-0.15, -0.1) is 0 Å². The van der Waals surface area contributed by atoms with Crippen molar-refractivity contribution in [2.24, 2.45) is 5.92 Å². The molecule has 304 valence electrons. The third kappa shape index (κ3) is 37.5. The molecule has 0 aromatic carbocycles. The van der Waals surface area contributed by atoms with Crippen LogP contribution >= 0.6 is 7.82 Å². The quantitative estimate of drug-likeness (QED) is 0.0163. The molecule has 0 aliphatic heterocycles. The molecule has 0 bridgehead atoms. The van der Waals surface area contributed by atoms with E-state index in [4.69, 9.17) is 19.3 Å². The van der Waals surface area contributed by atoms with Crippen molar-refractivity contribution in [3.8, 4) is 0 Å². The summed E-state index contributed by atoms with van der Waals surface area (Å²) < 4.78 is 26.2. The van der Waals surface area contributed by atoms with Gasteiger partial charge in [0.25, 0.3) is 0 Å². The van der Waals surface area contributed by atoms with E-state index in [1.165, 1.54) is 51.4 Å². The molecule has 0 aromatic rings. The summed E-state index contributed by atoms with van der Waals surface area (Å²) in [6, 6.07) is 0.